The van der Waals surface area contributed by atoms with E-state index in [1.807, 2.05) is 24.3 Å². The molecule has 6 heterocycles. The van der Waals surface area contributed by atoms with E-state index in [0.717, 1.165) is 6.26 Å². The Morgan fingerprint density at radius 3 is 1.02 bits per heavy atom. The molecule has 27 nitrogen and oxygen atoms in total. The van der Waals surface area contributed by atoms with Gasteiger partial charge in [-0.05, 0) is 148 Å². The van der Waals surface area contributed by atoms with E-state index in [1.54, 1.807) is 118 Å². The summed E-state index contributed by atoms with van der Waals surface area (Å²) in [6.45, 7) is 5.08. The number of hydrogen-bond donors (Lipinski definition) is 6. The molecule has 92 heavy (non-hydrogen) atoms. The van der Waals surface area contributed by atoms with Crippen molar-refractivity contribution < 1.29 is 39.6 Å². The van der Waals surface area contributed by atoms with Crippen molar-refractivity contribution in [1.82, 2.24) is 59.8 Å². The van der Waals surface area contributed by atoms with Crippen molar-refractivity contribution in [3.05, 3.63) is 246 Å². The predicted molar refractivity (Wildman–Crippen MR) is 345 cm³/mol. The fraction of sp³-hybridized carbons (Fsp3) is 0.0806. The second-order valence-electron chi connectivity index (χ2n) is 19.5. The third kappa shape index (κ3) is 19.1. The molecule has 11 aromatic rings. The number of nitrogens with zero attached hydrogens (tertiary/aromatic N) is 12. The molecule has 6 N–H and O–H groups in total. The molecule has 30 heteroatoms. The average molecular weight is 1290 g/mol. The number of hydrogen-bond acceptors (Lipinski definition) is 21. The lowest BCUT2D eigenvalue weighted by Gasteiger charge is -2.09. The fourth-order valence-corrected chi connectivity index (χ4v) is 10.9. The minimum absolute atomic E-state index is 0.0945. The maximum Gasteiger partial charge on any atom is 0.261 e. The first-order valence-corrected chi connectivity index (χ1v) is 32.4. The Hall–Kier alpha value is -11.8. The van der Waals surface area contributed by atoms with Crippen molar-refractivity contribution in [3.63, 3.8) is 0 Å². The van der Waals surface area contributed by atoms with Crippen LogP contribution in [0.25, 0.3) is 34.6 Å². The van der Waals surface area contributed by atoms with Gasteiger partial charge in [-0.1, -0.05) is 66.7 Å². The highest BCUT2D eigenvalue weighted by atomic mass is 32.2. The van der Waals surface area contributed by atoms with Crippen molar-refractivity contribution in [1.29, 1.82) is 0 Å². The van der Waals surface area contributed by atoms with Crippen LogP contribution in [-0.2, 0) is 35.8 Å². The molecule has 0 saturated carbocycles. The van der Waals surface area contributed by atoms with Crippen LogP contribution < -0.4 is 30.1 Å². The Labute approximate surface area is 528 Å². The molecule has 0 aliphatic rings. The molecule has 0 spiro atoms. The summed E-state index contributed by atoms with van der Waals surface area (Å²) < 4.78 is 79.4. The van der Waals surface area contributed by atoms with Crippen LogP contribution in [0.1, 0.15) is 54.1 Å². The van der Waals surface area contributed by atoms with Gasteiger partial charge in [0, 0.05) is 52.3 Å². The topological polar surface area (TPSA) is 380 Å². The lowest BCUT2D eigenvalue weighted by Crippen LogP contribution is -2.17. The third-order valence-electron chi connectivity index (χ3n) is 12.1. The normalized spacial score (nSPS) is 11.0. The van der Waals surface area contributed by atoms with Crippen LogP contribution >= 0.6 is 0 Å². The number of carbonyl (C=O) groups is 3. The molecule has 0 unspecified atom stereocenters. The van der Waals surface area contributed by atoms with E-state index in [-0.39, 0.29) is 28.5 Å². The van der Waals surface area contributed by atoms with Gasteiger partial charge in [0.15, 0.2) is 17.5 Å². The van der Waals surface area contributed by atoms with Gasteiger partial charge in [0.25, 0.3) is 27.7 Å². The highest BCUT2D eigenvalue weighted by Crippen LogP contribution is 2.21. The first-order chi connectivity index (χ1) is 44.1. The Bertz CT molecular complexity index is 4740. The van der Waals surface area contributed by atoms with Gasteiger partial charge in [-0.15, -0.1) is 0 Å². The number of aromatic nitrogens is 12. The largest absolute Gasteiger partial charge is 0.290 e. The monoisotopic (exact) mass is 1290 g/mol. The van der Waals surface area contributed by atoms with E-state index in [1.165, 1.54) is 84.9 Å². The van der Waals surface area contributed by atoms with Crippen molar-refractivity contribution in [2.24, 2.45) is 0 Å². The number of rotatable bonds is 18. The lowest BCUT2D eigenvalue weighted by atomic mass is 10.2. The van der Waals surface area contributed by atoms with Gasteiger partial charge in [0.05, 0.1) is 16.9 Å². The van der Waals surface area contributed by atoms with Crippen LogP contribution in [0.3, 0.4) is 0 Å². The first-order valence-electron chi connectivity index (χ1n) is 27.4. The van der Waals surface area contributed by atoms with Crippen LogP contribution in [0.2, 0.25) is 0 Å². The summed E-state index contributed by atoms with van der Waals surface area (Å²) in [6, 6.07) is 51.1. The zero-order chi connectivity index (χ0) is 65.3. The molecule has 0 aliphatic heterocycles. The summed E-state index contributed by atoms with van der Waals surface area (Å²) in [7, 11) is -10.7. The van der Waals surface area contributed by atoms with Gasteiger partial charge in [-0.3, -0.25) is 59.5 Å². The Balaban J connectivity index is 0.000000164. The molecule has 0 atom stereocenters. The lowest BCUT2D eigenvalue weighted by molar-refractivity contribution is 0.101. The number of anilines is 6. The molecule has 6 aromatic heterocycles. The summed E-state index contributed by atoms with van der Waals surface area (Å²) in [6.07, 6.45) is 5.93. The number of benzene rings is 5. The smallest absolute Gasteiger partial charge is 0.261 e. The molecule has 5 aromatic carbocycles. The molecule has 3 amide bonds. The maximum absolute atomic E-state index is 12.6. The summed E-state index contributed by atoms with van der Waals surface area (Å²) in [5.74, 6) is 1.19. The Morgan fingerprint density at radius 1 is 0.359 bits per heavy atom. The molecule has 0 saturated heterocycles. The van der Waals surface area contributed by atoms with Gasteiger partial charge in [0.1, 0.15) is 34.6 Å². The number of sulfonamides is 3. The fourth-order valence-electron chi connectivity index (χ4n) is 8.07. The van der Waals surface area contributed by atoms with Crippen LogP contribution in [0.4, 0.5) is 34.9 Å². The Morgan fingerprint density at radius 2 is 0.685 bits per heavy atom. The Kier molecular flexibility index (Phi) is 20.7. The zero-order valence-corrected chi connectivity index (χ0v) is 51.6. The van der Waals surface area contributed by atoms with Crippen LogP contribution in [0.15, 0.2) is 212 Å². The molecule has 0 fully saturated rings. The summed E-state index contributed by atoms with van der Waals surface area (Å²) in [5, 5.41) is 7.89. The molecular formula is C62H54N18O9S3. The average Bonchev–Trinajstić information content (AvgIpc) is 3.27. The van der Waals surface area contributed by atoms with E-state index in [0.29, 0.717) is 91.3 Å². The highest BCUT2D eigenvalue weighted by molar-refractivity contribution is 7.93. The number of aryl methyl sites for hydroxylation is 3. The van der Waals surface area contributed by atoms with E-state index < -0.39 is 47.8 Å². The van der Waals surface area contributed by atoms with Crippen molar-refractivity contribution in [3.8, 4) is 34.6 Å². The van der Waals surface area contributed by atoms with Crippen molar-refractivity contribution >= 4 is 82.7 Å². The standard InChI is InChI=1S/C23H20N6O3S.C22H18N6O3S.C17H16N6O3S/c1-16-25-21(20-9-5-6-14-24-20)27-23(26-16)28-22(30)18-10-12-19(13-11-18)29-33(31,32)15-17-7-3-2-4-8-17;1-15-24-20(19-9-5-6-14-23-19)26-22(25-15)27-21(29)16-10-12-17(13-11-16)28-32(30,31)18-7-3-2-4-8-18;1-11-19-15(14-5-3-4-10-18-14)21-17(20-11)22-16(24)12-6-8-13(9-7-12)23-27(2,25)26/h2-14,29H,15H2,1H3,(H,25,26,27,28,30);2-14,28H,1H3,(H,24,25,26,27,29);3-10,23H,1-2H3,(H,19,20,21,22,24). The molecule has 11 rings (SSSR count). The van der Waals surface area contributed by atoms with E-state index >= 15 is 0 Å². The summed E-state index contributed by atoms with van der Waals surface area (Å²) in [5.41, 5.74) is 4.37. The molecular weight excluding hydrogens is 1240 g/mol. The maximum atomic E-state index is 12.6. The van der Waals surface area contributed by atoms with Gasteiger partial charge in [-0.25, -0.2) is 40.2 Å². The zero-order valence-electron chi connectivity index (χ0n) is 49.1. The van der Waals surface area contributed by atoms with Crippen LogP contribution in [0, 0.1) is 20.8 Å². The molecule has 0 radical (unpaired) electrons. The van der Waals surface area contributed by atoms with Gasteiger partial charge >= 0.3 is 0 Å². The SMILES string of the molecule is Cc1nc(NC(=O)c2ccc(NS(=O)(=O)Cc3ccccc3)cc2)nc(-c2ccccn2)n1.Cc1nc(NC(=O)c2ccc(NS(=O)(=O)c3ccccc3)cc2)nc(-c2ccccn2)n1.Cc1nc(NC(=O)c2ccc(NS(C)(=O)=O)cc2)nc(-c2ccccn2)n1. The van der Waals surface area contributed by atoms with E-state index in [4.69, 9.17) is 0 Å². The summed E-state index contributed by atoms with van der Waals surface area (Å²) in [4.78, 5) is 88.3. The van der Waals surface area contributed by atoms with Crippen molar-refractivity contribution in [2.45, 2.75) is 31.4 Å². The van der Waals surface area contributed by atoms with Crippen LogP contribution in [-0.4, -0.2) is 109 Å². The van der Waals surface area contributed by atoms with Gasteiger partial charge < -0.3 is 0 Å². The van der Waals surface area contributed by atoms with Gasteiger partial charge in [0.2, 0.25) is 37.9 Å². The molecule has 0 aliphatic carbocycles. The second-order valence-corrected chi connectivity index (χ2v) is 24.6. The molecule has 464 valence electrons. The number of amides is 3. The minimum atomic E-state index is -3.71. The minimum Gasteiger partial charge on any atom is -0.290 e. The highest BCUT2D eigenvalue weighted by Gasteiger charge is 2.19. The van der Waals surface area contributed by atoms with Gasteiger partial charge in [-0.2, -0.15) is 29.9 Å². The van der Waals surface area contributed by atoms with E-state index in [9.17, 15) is 39.6 Å². The second kappa shape index (κ2) is 29.5. The first kappa shape index (κ1) is 64.7. The third-order valence-corrected chi connectivity index (χ3v) is 15.4. The predicted octanol–water partition coefficient (Wildman–Crippen LogP) is 8.60. The van der Waals surface area contributed by atoms with Crippen molar-refractivity contribution in [2.75, 3.05) is 36.4 Å². The van der Waals surface area contributed by atoms with Crippen LogP contribution in [0.5, 0.6) is 0 Å². The number of carbonyl (C=O) groups excluding carboxylic acids is 3. The molecule has 0 bridgehead atoms. The van der Waals surface area contributed by atoms with E-state index in [2.05, 4.69) is 89.9 Å². The summed E-state index contributed by atoms with van der Waals surface area (Å²) >= 11 is 0. The number of pyridine rings is 3. The quantitative estimate of drug-likeness (QED) is 0.0468. The number of nitrogens with one attached hydrogen (secondary N) is 6.